The lowest BCUT2D eigenvalue weighted by Gasteiger charge is -2.56. The number of amides is 1. The predicted molar refractivity (Wildman–Crippen MR) is 90.0 cm³/mol. The fourth-order valence-electron chi connectivity index (χ4n) is 5.62. The fourth-order valence-corrected chi connectivity index (χ4v) is 5.62. The molecule has 4 bridgehead atoms. The molecule has 0 aliphatic heterocycles. The lowest BCUT2D eigenvalue weighted by atomic mass is 9.53. The Morgan fingerprint density at radius 3 is 2.13 bits per heavy atom. The van der Waals surface area contributed by atoms with Gasteiger partial charge in [-0.1, -0.05) is 0 Å². The standard InChI is InChI=1S/C19H27N3O/c1-21(2)17-3-5-22(6-4-17)13-18(23)20-19-10-14-7-15(11-19)9-16(8-14)12-19/h3-6,14-16H,7-13H2,1-2H3/p+1. The minimum absolute atomic E-state index is 0.121. The van der Waals surface area contributed by atoms with Gasteiger partial charge < -0.3 is 10.2 Å². The van der Waals surface area contributed by atoms with Gasteiger partial charge in [-0.15, -0.1) is 0 Å². The number of hydrogen-bond acceptors (Lipinski definition) is 2. The van der Waals surface area contributed by atoms with Crippen molar-refractivity contribution < 1.29 is 9.36 Å². The monoisotopic (exact) mass is 314 g/mol. The van der Waals surface area contributed by atoms with Crippen molar-refractivity contribution in [2.24, 2.45) is 17.8 Å². The molecule has 0 unspecified atom stereocenters. The molecule has 4 heteroatoms. The van der Waals surface area contributed by atoms with Crippen LogP contribution in [0.15, 0.2) is 24.5 Å². The maximum Gasteiger partial charge on any atom is 0.286 e. The zero-order chi connectivity index (χ0) is 16.0. The molecular formula is C19H28N3O+. The number of carbonyl (C=O) groups excluding carboxylic acids is 1. The molecule has 1 aromatic heterocycles. The third-order valence-electron chi connectivity index (χ3n) is 6.16. The van der Waals surface area contributed by atoms with Crippen LogP contribution < -0.4 is 14.8 Å². The Morgan fingerprint density at radius 2 is 1.65 bits per heavy atom. The van der Waals surface area contributed by atoms with Crippen molar-refractivity contribution in [3.63, 3.8) is 0 Å². The van der Waals surface area contributed by atoms with Gasteiger partial charge in [-0.2, -0.15) is 4.57 Å². The van der Waals surface area contributed by atoms with Gasteiger partial charge in [-0.3, -0.25) is 4.79 Å². The molecule has 23 heavy (non-hydrogen) atoms. The molecule has 4 aliphatic carbocycles. The number of nitrogens with one attached hydrogen (secondary N) is 1. The molecule has 4 saturated carbocycles. The zero-order valence-corrected chi connectivity index (χ0v) is 14.3. The van der Waals surface area contributed by atoms with Gasteiger partial charge in [0.05, 0.1) is 0 Å². The minimum Gasteiger partial charge on any atom is -0.377 e. The molecule has 4 nitrogen and oxygen atoms in total. The molecule has 1 aromatic rings. The van der Waals surface area contributed by atoms with Gasteiger partial charge in [0.25, 0.3) is 5.91 Å². The largest absolute Gasteiger partial charge is 0.377 e. The fraction of sp³-hybridized carbons (Fsp3) is 0.684. The van der Waals surface area contributed by atoms with Crippen molar-refractivity contribution in [3.05, 3.63) is 24.5 Å². The molecule has 0 radical (unpaired) electrons. The van der Waals surface area contributed by atoms with Gasteiger partial charge in [-0.25, -0.2) is 0 Å². The Hall–Kier alpha value is -1.58. The summed E-state index contributed by atoms with van der Waals surface area (Å²) in [7, 11) is 4.05. The molecular weight excluding hydrogens is 286 g/mol. The summed E-state index contributed by atoms with van der Waals surface area (Å²) in [5, 5.41) is 3.44. The Bertz CT molecular complexity index is 558. The molecule has 5 rings (SSSR count). The van der Waals surface area contributed by atoms with Crippen molar-refractivity contribution in [1.82, 2.24) is 5.32 Å². The van der Waals surface area contributed by atoms with E-state index in [2.05, 4.69) is 22.3 Å². The van der Waals surface area contributed by atoms with Crippen molar-refractivity contribution in [1.29, 1.82) is 0 Å². The molecule has 4 fully saturated rings. The zero-order valence-electron chi connectivity index (χ0n) is 14.3. The van der Waals surface area contributed by atoms with Crippen LogP contribution in [0.25, 0.3) is 0 Å². The highest BCUT2D eigenvalue weighted by Gasteiger charge is 2.51. The summed E-state index contributed by atoms with van der Waals surface area (Å²) in [6.07, 6.45) is 11.9. The third-order valence-corrected chi connectivity index (χ3v) is 6.16. The minimum atomic E-state index is 0.121. The highest BCUT2D eigenvalue weighted by molar-refractivity contribution is 5.75. The van der Waals surface area contributed by atoms with E-state index in [1.54, 1.807) is 0 Å². The van der Waals surface area contributed by atoms with Crippen LogP contribution in [0.4, 0.5) is 5.69 Å². The number of hydrogen-bond donors (Lipinski definition) is 1. The number of carbonyl (C=O) groups is 1. The quantitative estimate of drug-likeness (QED) is 0.864. The Balaban J connectivity index is 1.40. The number of rotatable bonds is 4. The number of nitrogens with zero attached hydrogens (tertiary/aromatic N) is 2. The van der Waals surface area contributed by atoms with Gasteiger partial charge in [0, 0.05) is 37.5 Å². The van der Waals surface area contributed by atoms with E-state index in [1.807, 2.05) is 31.1 Å². The van der Waals surface area contributed by atoms with Crippen LogP contribution in [0.3, 0.4) is 0 Å². The summed E-state index contributed by atoms with van der Waals surface area (Å²) in [6.45, 7) is 0.426. The smallest absolute Gasteiger partial charge is 0.286 e. The molecule has 0 saturated heterocycles. The molecule has 4 aliphatic rings. The molecule has 0 spiro atoms. The molecule has 1 amide bonds. The molecule has 124 valence electrons. The van der Waals surface area contributed by atoms with Crippen LogP contribution >= 0.6 is 0 Å². The summed E-state index contributed by atoms with van der Waals surface area (Å²) < 4.78 is 1.98. The summed E-state index contributed by atoms with van der Waals surface area (Å²) in [5.41, 5.74) is 1.28. The number of anilines is 1. The van der Waals surface area contributed by atoms with Gasteiger partial charge in [0.1, 0.15) is 0 Å². The summed E-state index contributed by atoms with van der Waals surface area (Å²) in [4.78, 5) is 14.6. The van der Waals surface area contributed by atoms with Crippen molar-refractivity contribution in [3.8, 4) is 0 Å². The maximum absolute atomic E-state index is 12.6. The lowest BCUT2D eigenvalue weighted by molar-refractivity contribution is -0.684. The molecule has 1 heterocycles. The van der Waals surface area contributed by atoms with Crippen LogP contribution in [0.2, 0.25) is 0 Å². The lowest BCUT2D eigenvalue weighted by Crippen LogP contribution is -2.61. The van der Waals surface area contributed by atoms with Gasteiger partial charge in [-0.05, 0) is 56.3 Å². The number of pyridine rings is 1. The summed E-state index contributed by atoms with van der Waals surface area (Å²) in [6, 6.07) is 4.11. The van der Waals surface area contributed by atoms with E-state index in [0.717, 1.165) is 23.4 Å². The number of aromatic nitrogens is 1. The molecule has 0 aromatic carbocycles. The van der Waals surface area contributed by atoms with E-state index in [1.165, 1.54) is 38.5 Å². The Kier molecular flexibility index (Phi) is 3.58. The first kappa shape index (κ1) is 15.0. The van der Waals surface area contributed by atoms with Crippen molar-refractivity contribution >= 4 is 11.6 Å². The molecule has 0 atom stereocenters. The van der Waals surface area contributed by atoms with Crippen LogP contribution in [0.1, 0.15) is 38.5 Å². The Morgan fingerprint density at radius 1 is 1.13 bits per heavy atom. The van der Waals surface area contributed by atoms with E-state index in [-0.39, 0.29) is 11.4 Å². The second-order valence-electron chi connectivity index (χ2n) is 8.37. The van der Waals surface area contributed by atoms with Crippen LogP contribution in [-0.2, 0) is 11.3 Å². The van der Waals surface area contributed by atoms with E-state index in [4.69, 9.17) is 0 Å². The first-order valence-electron chi connectivity index (χ1n) is 8.99. The average molecular weight is 314 g/mol. The van der Waals surface area contributed by atoms with Gasteiger partial charge >= 0.3 is 0 Å². The highest BCUT2D eigenvalue weighted by Crippen LogP contribution is 2.55. The van der Waals surface area contributed by atoms with Crippen LogP contribution in [-0.4, -0.2) is 25.5 Å². The van der Waals surface area contributed by atoms with Crippen LogP contribution in [0, 0.1) is 17.8 Å². The topological polar surface area (TPSA) is 36.2 Å². The van der Waals surface area contributed by atoms with Crippen molar-refractivity contribution in [2.45, 2.75) is 50.6 Å². The van der Waals surface area contributed by atoms with E-state index in [9.17, 15) is 4.79 Å². The second kappa shape index (κ2) is 5.50. The van der Waals surface area contributed by atoms with Crippen LogP contribution in [0.5, 0.6) is 0 Å². The predicted octanol–water partition coefficient (Wildman–Crippen LogP) is 2.13. The van der Waals surface area contributed by atoms with E-state index < -0.39 is 0 Å². The van der Waals surface area contributed by atoms with Gasteiger partial charge in [0.15, 0.2) is 12.4 Å². The Labute approximate surface area is 138 Å². The SMILES string of the molecule is CN(C)c1cc[n+](CC(=O)NC23CC4CC(CC(C4)C2)C3)cc1. The summed E-state index contributed by atoms with van der Waals surface area (Å²) >= 11 is 0. The van der Waals surface area contributed by atoms with E-state index >= 15 is 0 Å². The first-order chi connectivity index (χ1) is 11.0. The average Bonchev–Trinajstić information content (AvgIpc) is 2.45. The van der Waals surface area contributed by atoms with E-state index in [0.29, 0.717) is 6.54 Å². The summed E-state index contributed by atoms with van der Waals surface area (Å²) in [5.74, 6) is 2.78. The second-order valence-corrected chi connectivity index (χ2v) is 8.37. The maximum atomic E-state index is 12.6. The molecule has 1 N–H and O–H groups in total. The normalized spacial score (nSPS) is 34.4. The van der Waals surface area contributed by atoms with Crippen molar-refractivity contribution in [2.75, 3.05) is 19.0 Å². The third kappa shape index (κ3) is 2.96. The first-order valence-corrected chi connectivity index (χ1v) is 8.99. The highest BCUT2D eigenvalue weighted by atomic mass is 16.2. The van der Waals surface area contributed by atoms with Gasteiger partial charge in [0.2, 0.25) is 6.54 Å².